The molecule has 2 aromatic carbocycles. The van der Waals surface area contributed by atoms with Crippen LogP contribution >= 0.6 is 0 Å². The van der Waals surface area contributed by atoms with Gasteiger partial charge < -0.3 is 0 Å². The van der Waals surface area contributed by atoms with Crippen molar-refractivity contribution in [3.05, 3.63) is 83.7 Å². The number of rotatable bonds is 2. The van der Waals surface area contributed by atoms with Gasteiger partial charge in [-0.15, -0.1) is 0 Å². The summed E-state index contributed by atoms with van der Waals surface area (Å²) in [5, 5.41) is 2.41. The summed E-state index contributed by atoms with van der Waals surface area (Å²) < 4.78 is 0. The zero-order chi connectivity index (χ0) is 19.2. The third kappa shape index (κ3) is 3.10. The second kappa shape index (κ2) is 6.16. The molecule has 0 spiro atoms. The molecule has 0 aliphatic rings. The summed E-state index contributed by atoms with van der Waals surface area (Å²) in [6.45, 7) is 11.3. The Bertz CT molecular complexity index is 1130. The highest BCUT2D eigenvalue weighted by Crippen LogP contribution is 2.35. The average molecular weight is 354 g/mol. The quantitative estimate of drug-likeness (QED) is 0.416. The first-order valence-electron chi connectivity index (χ1n) is 9.53. The molecular formula is C25H26N2. The maximum atomic E-state index is 4.96. The van der Waals surface area contributed by atoms with Crippen molar-refractivity contribution >= 4 is 21.8 Å². The number of hydrogen-bond acceptors (Lipinski definition) is 2. The number of para-hydroxylation sites is 1. The van der Waals surface area contributed by atoms with E-state index in [0.29, 0.717) is 0 Å². The van der Waals surface area contributed by atoms with Gasteiger partial charge in [0.1, 0.15) is 0 Å². The first-order chi connectivity index (χ1) is 12.8. The van der Waals surface area contributed by atoms with Gasteiger partial charge >= 0.3 is 0 Å². The van der Waals surface area contributed by atoms with Crippen molar-refractivity contribution in [3.8, 4) is 0 Å². The average Bonchev–Trinajstić information content (AvgIpc) is 2.66. The topological polar surface area (TPSA) is 25.8 Å². The molecule has 4 aromatic rings. The van der Waals surface area contributed by atoms with Crippen LogP contribution < -0.4 is 0 Å². The van der Waals surface area contributed by atoms with Crippen LogP contribution in [0.25, 0.3) is 21.8 Å². The predicted molar refractivity (Wildman–Crippen MR) is 114 cm³/mol. The molecule has 27 heavy (non-hydrogen) atoms. The zero-order valence-corrected chi connectivity index (χ0v) is 16.7. The van der Waals surface area contributed by atoms with Crippen LogP contribution in [0, 0.1) is 0 Å². The first kappa shape index (κ1) is 17.7. The summed E-state index contributed by atoms with van der Waals surface area (Å²) >= 11 is 0. The number of nitrogens with zero attached hydrogens (tertiary/aromatic N) is 2. The van der Waals surface area contributed by atoms with Crippen LogP contribution in [0.4, 0.5) is 0 Å². The van der Waals surface area contributed by atoms with E-state index in [1.165, 1.54) is 21.9 Å². The van der Waals surface area contributed by atoms with E-state index in [1.807, 2.05) is 12.3 Å². The molecule has 0 aliphatic heterocycles. The zero-order valence-electron chi connectivity index (χ0n) is 16.7. The molecule has 2 heterocycles. The fourth-order valence-electron chi connectivity index (χ4n) is 3.75. The second-order valence-electron chi connectivity index (χ2n) is 8.85. The van der Waals surface area contributed by atoms with Gasteiger partial charge in [0.25, 0.3) is 0 Å². The monoisotopic (exact) mass is 354 g/mol. The summed E-state index contributed by atoms with van der Waals surface area (Å²) in [5.74, 6) is 0. The molecule has 0 bridgehead atoms. The van der Waals surface area contributed by atoms with Gasteiger partial charge in [-0.25, -0.2) is 0 Å². The lowest BCUT2D eigenvalue weighted by Gasteiger charge is -2.27. The Labute approximate surface area is 161 Å². The molecular weight excluding hydrogens is 328 g/mol. The smallest absolute Gasteiger partial charge is 0.0705 e. The molecule has 0 N–H and O–H groups in total. The Hall–Kier alpha value is -2.74. The molecule has 136 valence electrons. The lowest BCUT2D eigenvalue weighted by molar-refractivity contribution is 0.594. The van der Waals surface area contributed by atoms with E-state index in [9.17, 15) is 0 Å². The standard InChI is InChI=1S/C25H26N2/c1-24(2,3)20-14-15-26-22-12-11-18(16-19(20)22)25(4,5)23-13-10-17-8-6-7-9-21(17)27-23/h6-16H,1-5H3. The van der Waals surface area contributed by atoms with Crippen molar-refractivity contribution in [2.75, 3.05) is 0 Å². The molecule has 0 saturated carbocycles. The first-order valence-corrected chi connectivity index (χ1v) is 9.53. The van der Waals surface area contributed by atoms with Crippen molar-refractivity contribution < 1.29 is 0 Å². The largest absolute Gasteiger partial charge is 0.256 e. The molecule has 0 saturated heterocycles. The maximum Gasteiger partial charge on any atom is 0.0705 e. The Kier molecular flexibility index (Phi) is 4.03. The molecule has 0 amide bonds. The van der Waals surface area contributed by atoms with Gasteiger partial charge in [0, 0.05) is 22.4 Å². The van der Waals surface area contributed by atoms with E-state index in [0.717, 1.165) is 16.7 Å². The molecule has 2 aromatic heterocycles. The summed E-state index contributed by atoms with van der Waals surface area (Å²) in [4.78, 5) is 9.54. The highest BCUT2D eigenvalue weighted by atomic mass is 14.7. The Balaban J connectivity index is 1.88. The van der Waals surface area contributed by atoms with E-state index in [4.69, 9.17) is 4.98 Å². The van der Waals surface area contributed by atoms with E-state index in [-0.39, 0.29) is 10.8 Å². The summed E-state index contributed by atoms with van der Waals surface area (Å²) in [7, 11) is 0. The minimum absolute atomic E-state index is 0.0746. The minimum atomic E-state index is -0.191. The highest BCUT2D eigenvalue weighted by Gasteiger charge is 2.26. The number of aromatic nitrogens is 2. The van der Waals surface area contributed by atoms with Crippen molar-refractivity contribution in [3.63, 3.8) is 0 Å². The lowest BCUT2D eigenvalue weighted by atomic mass is 9.78. The van der Waals surface area contributed by atoms with Crippen molar-refractivity contribution in [1.82, 2.24) is 9.97 Å². The minimum Gasteiger partial charge on any atom is -0.256 e. The number of fused-ring (bicyclic) bond motifs is 2. The van der Waals surface area contributed by atoms with Crippen LogP contribution in [0.5, 0.6) is 0 Å². The van der Waals surface area contributed by atoms with E-state index in [2.05, 4.69) is 94.2 Å². The molecule has 0 unspecified atom stereocenters. The van der Waals surface area contributed by atoms with Crippen molar-refractivity contribution in [2.45, 2.75) is 45.4 Å². The van der Waals surface area contributed by atoms with Crippen molar-refractivity contribution in [1.29, 1.82) is 0 Å². The van der Waals surface area contributed by atoms with Gasteiger partial charge in [-0.3, -0.25) is 9.97 Å². The van der Waals surface area contributed by atoms with Gasteiger partial charge in [-0.2, -0.15) is 0 Å². The Morgan fingerprint density at radius 3 is 2.30 bits per heavy atom. The normalized spacial score (nSPS) is 12.6. The van der Waals surface area contributed by atoms with Gasteiger partial charge in [-0.05, 0) is 46.9 Å². The van der Waals surface area contributed by atoms with Crippen LogP contribution in [-0.4, -0.2) is 9.97 Å². The van der Waals surface area contributed by atoms with Crippen LogP contribution in [0.3, 0.4) is 0 Å². The second-order valence-corrected chi connectivity index (χ2v) is 8.85. The fraction of sp³-hybridized carbons (Fsp3) is 0.280. The molecule has 2 nitrogen and oxygen atoms in total. The molecule has 2 heteroatoms. The number of benzene rings is 2. The van der Waals surface area contributed by atoms with Crippen molar-refractivity contribution in [2.24, 2.45) is 0 Å². The van der Waals surface area contributed by atoms with E-state index >= 15 is 0 Å². The highest BCUT2D eigenvalue weighted by molar-refractivity contribution is 5.84. The van der Waals surface area contributed by atoms with Crippen LogP contribution in [0.2, 0.25) is 0 Å². The summed E-state index contributed by atoms with van der Waals surface area (Å²) in [5.41, 5.74) is 5.65. The number of hydrogen-bond donors (Lipinski definition) is 0. The molecule has 0 fully saturated rings. The fourth-order valence-corrected chi connectivity index (χ4v) is 3.75. The van der Waals surface area contributed by atoms with E-state index in [1.54, 1.807) is 0 Å². The molecule has 4 rings (SSSR count). The van der Waals surface area contributed by atoms with Gasteiger partial charge in [-0.1, -0.05) is 65.0 Å². The van der Waals surface area contributed by atoms with Crippen LogP contribution in [0.1, 0.15) is 51.4 Å². The third-order valence-corrected chi connectivity index (χ3v) is 5.51. The number of pyridine rings is 2. The van der Waals surface area contributed by atoms with E-state index < -0.39 is 0 Å². The van der Waals surface area contributed by atoms with Crippen LogP contribution in [0.15, 0.2) is 66.9 Å². The SMILES string of the molecule is CC(C)(C)c1ccnc2ccc(C(C)(C)c3ccc4ccccc4n3)cc12. The maximum absolute atomic E-state index is 4.96. The van der Waals surface area contributed by atoms with Gasteiger partial charge in [0.15, 0.2) is 0 Å². The summed E-state index contributed by atoms with van der Waals surface area (Å²) in [6, 6.07) is 21.4. The third-order valence-electron chi connectivity index (χ3n) is 5.51. The van der Waals surface area contributed by atoms with Gasteiger partial charge in [0.2, 0.25) is 0 Å². The molecule has 0 aliphatic carbocycles. The predicted octanol–water partition coefficient (Wildman–Crippen LogP) is 6.41. The molecule has 0 radical (unpaired) electrons. The van der Waals surface area contributed by atoms with Gasteiger partial charge in [0.05, 0.1) is 16.7 Å². The molecule has 0 atom stereocenters. The Morgan fingerprint density at radius 1 is 0.741 bits per heavy atom. The Morgan fingerprint density at radius 2 is 1.52 bits per heavy atom. The lowest BCUT2D eigenvalue weighted by Crippen LogP contribution is -2.21. The van der Waals surface area contributed by atoms with Crippen LogP contribution in [-0.2, 0) is 10.8 Å². The summed E-state index contributed by atoms with van der Waals surface area (Å²) in [6.07, 6.45) is 1.92.